The third-order valence-electron chi connectivity index (χ3n) is 2.20. The van der Waals surface area contributed by atoms with E-state index in [2.05, 4.69) is 6.92 Å². The van der Waals surface area contributed by atoms with E-state index >= 15 is 0 Å². The van der Waals surface area contributed by atoms with Gasteiger partial charge >= 0.3 is 5.97 Å². The Morgan fingerprint density at radius 1 is 1.47 bits per heavy atom. The molecule has 0 aliphatic rings. The molecule has 1 rings (SSSR count). The molecule has 0 spiro atoms. The van der Waals surface area contributed by atoms with Gasteiger partial charge in [-0.1, -0.05) is 13.3 Å². The molecule has 0 saturated heterocycles. The topological polar surface area (TPSA) is 52.6 Å². The van der Waals surface area contributed by atoms with Gasteiger partial charge in [0.05, 0.1) is 12.7 Å². The van der Waals surface area contributed by atoms with E-state index in [1.165, 1.54) is 13.2 Å². The summed E-state index contributed by atoms with van der Waals surface area (Å²) < 4.78 is 10.1. The van der Waals surface area contributed by atoms with Gasteiger partial charge in [0.1, 0.15) is 11.5 Å². The summed E-state index contributed by atoms with van der Waals surface area (Å²) in [6.07, 6.45) is 2.28. The van der Waals surface area contributed by atoms with Crippen molar-refractivity contribution in [1.82, 2.24) is 0 Å². The zero-order valence-corrected chi connectivity index (χ0v) is 9.77. The lowest BCUT2D eigenvalue weighted by Gasteiger charge is -2.07. The largest absolute Gasteiger partial charge is 0.497 e. The summed E-state index contributed by atoms with van der Waals surface area (Å²) in [6.45, 7) is 3.64. The Hall–Kier alpha value is -1.84. The van der Waals surface area contributed by atoms with Gasteiger partial charge in [-0.3, -0.25) is 9.59 Å². The van der Waals surface area contributed by atoms with Gasteiger partial charge in [-0.15, -0.1) is 0 Å². The van der Waals surface area contributed by atoms with Crippen molar-refractivity contribution in [2.45, 2.75) is 19.3 Å². The Balaban J connectivity index is 2.76. The summed E-state index contributed by atoms with van der Waals surface area (Å²) in [7, 11) is 1.50. The lowest BCUT2D eigenvalue weighted by atomic mass is 10.2. The van der Waals surface area contributed by atoms with Crippen molar-refractivity contribution in [3.8, 4) is 11.5 Å². The fourth-order valence-corrected chi connectivity index (χ4v) is 1.28. The summed E-state index contributed by atoms with van der Waals surface area (Å²) in [6, 6.07) is 4.71. The molecule has 0 aromatic heterocycles. The predicted molar refractivity (Wildman–Crippen MR) is 63.2 cm³/mol. The molecule has 0 N–H and O–H groups in total. The molecule has 4 heteroatoms. The number of carbonyl (C=O) groups is 2. The van der Waals surface area contributed by atoms with Crippen molar-refractivity contribution in [2.24, 2.45) is 0 Å². The monoisotopic (exact) mass is 235 g/mol. The second-order valence-electron chi connectivity index (χ2n) is 3.45. The lowest BCUT2D eigenvalue weighted by molar-refractivity contribution is -0.134. The average molecular weight is 235 g/mol. The van der Waals surface area contributed by atoms with E-state index in [0.717, 1.165) is 0 Å². The van der Waals surface area contributed by atoms with Crippen LogP contribution in [0.4, 0.5) is 0 Å². The third kappa shape index (κ3) is 3.90. The molecule has 0 heterocycles. The van der Waals surface area contributed by atoms with Crippen LogP contribution in [-0.4, -0.2) is 19.4 Å². The fraction of sp³-hybridized carbons (Fsp3) is 0.308. The summed E-state index contributed by atoms with van der Waals surface area (Å²) in [5, 5.41) is 0. The SMILES string of the molecule is [CH2]CCCC(=O)Oc1ccc(OC)cc1C=O. The van der Waals surface area contributed by atoms with E-state index in [-0.39, 0.29) is 11.7 Å². The number of hydrogen-bond acceptors (Lipinski definition) is 4. The van der Waals surface area contributed by atoms with Gasteiger partial charge in [-0.25, -0.2) is 0 Å². The number of aldehydes is 1. The van der Waals surface area contributed by atoms with Crippen LogP contribution in [0.1, 0.15) is 29.6 Å². The van der Waals surface area contributed by atoms with E-state index in [9.17, 15) is 9.59 Å². The van der Waals surface area contributed by atoms with Crippen molar-refractivity contribution in [1.29, 1.82) is 0 Å². The van der Waals surface area contributed by atoms with Gasteiger partial charge < -0.3 is 9.47 Å². The molecule has 1 radical (unpaired) electrons. The first-order chi connectivity index (χ1) is 8.21. The molecule has 0 aliphatic carbocycles. The number of esters is 1. The highest BCUT2D eigenvalue weighted by atomic mass is 16.5. The molecule has 4 nitrogen and oxygen atoms in total. The normalized spacial score (nSPS) is 9.76. The minimum Gasteiger partial charge on any atom is -0.497 e. The van der Waals surface area contributed by atoms with E-state index < -0.39 is 0 Å². The van der Waals surface area contributed by atoms with Gasteiger partial charge in [0, 0.05) is 6.42 Å². The molecule has 0 aliphatic heterocycles. The third-order valence-corrected chi connectivity index (χ3v) is 2.20. The molecule has 1 aromatic carbocycles. The average Bonchev–Trinajstić information content (AvgIpc) is 2.36. The number of rotatable bonds is 6. The highest BCUT2D eigenvalue weighted by Crippen LogP contribution is 2.23. The number of methoxy groups -OCH3 is 1. The Kier molecular flexibility index (Phi) is 5.20. The van der Waals surface area contributed by atoms with Crippen LogP contribution in [-0.2, 0) is 4.79 Å². The van der Waals surface area contributed by atoms with Crippen molar-refractivity contribution in [2.75, 3.05) is 7.11 Å². The van der Waals surface area contributed by atoms with Crippen LogP contribution in [0.5, 0.6) is 11.5 Å². The first kappa shape index (κ1) is 13.2. The maximum Gasteiger partial charge on any atom is 0.311 e. The molecule has 1 aromatic rings. The lowest BCUT2D eigenvalue weighted by Crippen LogP contribution is -2.08. The zero-order chi connectivity index (χ0) is 12.7. The highest BCUT2D eigenvalue weighted by Gasteiger charge is 2.09. The Morgan fingerprint density at radius 2 is 2.24 bits per heavy atom. The minimum atomic E-state index is -0.359. The van der Waals surface area contributed by atoms with Crippen LogP contribution in [0.15, 0.2) is 18.2 Å². The molecular formula is C13H15O4. The number of carbonyl (C=O) groups excluding carboxylic acids is 2. The van der Waals surface area contributed by atoms with Crippen LogP contribution in [0.25, 0.3) is 0 Å². The number of hydrogen-bond donors (Lipinski definition) is 0. The van der Waals surface area contributed by atoms with Crippen molar-refractivity contribution in [3.63, 3.8) is 0 Å². The summed E-state index contributed by atoms with van der Waals surface area (Å²) in [5.41, 5.74) is 0.298. The van der Waals surface area contributed by atoms with Crippen LogP contribution >= 0.6 is 0 Å². The Bertz CT molecular complexity index is 398. The van der Waals surface area contributed by atoms with Crippen molar-refractivity contribution in [3.05, 3.63) is 30.7 Å². The fourth-order valence-electron chi connectivity index (χ4n) is 1.28. The number of benzene rings is 1. The van der Waals surface area contributed by atoms with Gasteiger partial charge in [-0.2, -0.15) is 0 Å². The number of unbranched alkanes of at least 4 members (excludes halogenated alkanes) is 1. The highest BCUT2D eigenvalue weighted by molar-refractivity contribution is 5.83. The molecule has 0 unspecified atom stereocenters. The van der Waals surface area contributed by atoms with Crippen LogP contribution in [0.3, 0.4) is 0 Å². The van der Waals surface area contributed by atoms with Gasteiger partial charge in [0.2, 0.25) is 0 Å². The smallest absolute Gasteiger partial charge is 0.311 e. The van der Waals surface area contributed by atoms with E-state index in [1.807, 2.05) is 0 Å². The summed E-state index contributed by atoms with van der Waals surface area (Å²) >= 11 is 0. The molecular weight excluding hydrogens is 220 g/mol. The predicted octanol–water partition coefficient (Wildman–Crippen LogP) is 2.42. The molecule has 0 bridgehead atoms. The Labute approximate surface area is 101 Å². The van der Waals surface area contributed by atoms with Gasteiger partial charge in [0.25, 0.3) is 0 Å². The maximum absolute atomic E-state index is 11.4. The van der Waals surface area contributed by atoms with Crippen molar-refractivity contribution >= 4 is 12.3 Å². The molecule has 91 valence electrons. The van der Waals surface area contributed by atoms with E-state index in [1.54, 1.807) is 12.1 Å². The molecule has 0 saturated carbocycles. The standard InChI is InChI=1S/C13H15O4/c1-3-4-5-13(15)17-12-7-6-11(16-2)8-10(12)9-14/h6-9H,1,3-5H2,2H3. The van der Waals surface area contributed by atoms with Gasteiger partial charge in [0.15, 0.2) is 6.29 Å². The van der Waals surface area contributed by atoms with Gasteiger partial charge in [-0.05, 0) is 24.6 Å². The second kappa shape index (κ2) is 6.68. The van der Waals surface area contributed by atoms with E-state index in [0.29, 0.717) is 36.9 Å². The first-order valence-corrected chi connectivity index (χ1v) is 5.34. The van der Waals surface area contributed by atoms with Crippen LogP contribution in [0.2, 0.25) is 0 Å². The minimum absolute atomic E-state index is 0.259. The Morgan fingerprint density at radius 3 is 2.82 bits per heavy atom. The summed E-state index contributed by atoms with van der Waals surface area (Å²) in [5.74, 6) is 0.446. The van der Waals surface area contributed by atoms with Crippen molar-refractivity contribution < 1.29 is 19.1 Å². The van der Waals surface area contributed by atoms with Crippen LogP contribution in [0, 0.1) is 6.92 Å². The van der Waals surface area contributed by atoms with Crippen LogP contribution < -0.4 is 9.47 Å². The quantitative estimate of drug-likeness (QED) is 0.431. The summed E-state index contributed by atoms with van der Waals surface area (Å²) in [4.78, 5) is 22.2. The molecule has 0 fully saturated rings. The molecule has 0 atom stereocenters. The molecule has 0 amide bonds. The maximum atomic E-state index is 11.4. The zero-order valence-electron chi connectivity index (χ0n) is 9.77. The second-order valence-corrected chi connectivity index (χ2v) is 3.45. The molecule has 17 heavy (non-hydrogen) atoms. The van der Waals surface area contributed by atoms with E-state index in [4.69, 9.17) is 9.47 Å². The first-order valence-electron chi connectivity index (χ1n) is 5.34. The number of ether oxygens (including phenoxy) is 2.